The van der Waals surface area contributed by atoms with Gasteiger partial charge in [0.05, 0.1) is 0 Å². The highest BCUT2D eigenvalue weighted by Crippen LogP contribution is 2.10. The average molecular weight is 272 g/mol. The molecule has 20 heavy (non-hydrogen) atoms. The van der Waals surface area contributed by atoms with Crippen molar-refractivity contribution in [3.05, 3.63) is 71.6 Å². The normalized spacial score (nSPS) is 12.3. The van der Waals surface area contributed by atoms with Gasteiger partial charge < -0.3 is 19.0 Å². The summed E-state index contributed by atoms with van der Waals surface area (Å²) < 4.78 is 10.6. The Hall–Kier alpha value is -2.30. The molecule has 0 spiro atoms. The highest BCUT2D eigenvalue weighted by atomic mass is 16.4. The fourth-order valence-corrected chi connectivity index (χ4v) is 1.57. The largest absolute Gasteiger partial charge is 0.459 e. The number of rotatable bonds is 6. The molecule has 0 amide bonds. The molecule has 0 aliphatic rings. The lowest BCUT2D eigenvalue weighted by molar-refractivity contribution is 0.246. The molecule has 4 nitrogen and oxygen atoms in total. The minimum absolute atomic E-state index is 0.0919. The van der Waals surface area contributed by atoms with E-state index in [0.29, 0.717) is 23.0 Å². The first-order valence-electron chi connectivity index (χ1n) is 6.22. The van der Waals surface area contributed by atoms with E-state index in [0.717, 1.165) is 0 Å². The van der Waals surface area contributed by atoms with Crippen LogP contribution >= 0.6 is 0 Å². The Kier molecular flexibility index (Phi) is 5.17. The molecule has 0 aliphatic heterocycles. The van der Waals surface area contributed by atoms with Gasteiger partial charge in [0.1, 0.15) is 36.3 Å². The van der Waals surface area contributed by atoms with Gasteiger partial charge in [0.25, 0.3) is 0 Å². The minimum Gasteiger partial charge on any atom is -0.459 e. The Morgan fingerprint density at radius 3 is 1.50 bits per heavy atom. The maximum absolute atomic E-state index is 8.85. The summed E-state index contributed by atoms with van der Waals surface area (Å²) in [5.41, 5.74) is 0. The Labute approximate surface area is 117 Å². The van der Waals surface area contributed by atoms with Gasteiger partial charge in [-0.2, -0.15) is 0 Å². The lowest BCUT2D eigenvalue weighted by Crippen LogP contribution is -1.73. The predicted octanol–water partition coefficient (Wildman–Crippen LogP) is 3.14. The van der Waals surface area contributed by atoms with E-state index < -0.39 is 0 Å². The Bertz CT molecular complexity index is 560. The fraction of sp³-hybridized carbons (Fsp3) is 0.125. The van der Waals surface area contributed by atoms with Gasteiger partial charge in [0.2, 0.25) is 0 Å². The summed E-state index contributed by atoms with van der Waals surface area (Å²) in [7, 11) is 0. The molecule has 0 bridgehead atoms. The molecule has 0 saturated carbocycles. The van der Waals surface area contributed by atoms with Gasteiger partial charge in [-0.1, -0.05) is 24.3 Å². The molecule has 104 valence electrons. The quantitative estimate of drug-likeness (QED) is 0.793. The zero-order valence-corrected chi connectivity index (χ0v) is 10.9. The van der Waals surface area contributed by atoms with Gasteiger partial charge in [-0.15, -0.1) is 0 Å². The van der Waals surface area contributed by atoms with Gasteiger partial charge in [-0.3, -0.25) is 0 Å². The standard InChI is InChI=1S/C16H16O4/c17-11-15-9-7-13(19-15)5-3-1-2-4-6-14-8-10-16(12-18)20-14/h1-10,17-18H,11-12H2/b2-1+,5-3+,6-4+. The van der Waals surface area contributed by atoms with Crippen LogP contribution in [0.15, 0.2) is 57.4 Å². The molecule has 4 heteroatoms. The third-order valence-corrected chi connectivity index (χ3v) is 2.53. The van der Waals surface area contributed by atoms with E-state index in [-0.39, 0.29) is 13.2 Å². The van der Waals surface area contributed by atoms with Crippen molar-refractivity contribution < 1.29 is 19.0 Å². The number of hydrogen-bond acceptors (Lipinski definition) is 4. The molecule has 0 saturated heterocycles. The van der Waals surface area contributed by atoms with Gasteiger partial charge in [0, 0.05) is 0 Å². The van der Waals surface area contributed by atoms with E-state index >= 15 is 0 Å². The van der Waals surface area contributed by atoms with Crippen LogP contribution in [0.2, 0.25) is 0 Å². The third-order valence-electron chi connectivity index (χ3n) is 2.53. The van der Waals surface area contributed by atoms with Crippen molar-refractivity contribution in [2.75, 3.05) is 0 Å². The molecule has 0 atom stereocenters. The van der Waals surface area contributed by atoms with Crippen LogP contribution in [0, 0.1) is 0 Å². The number of furan rings is 2. The van der Waals surface area contributed by atoms with Crippen LogP contribution in [-0.4, -0.2) is 10.2 Å². The fourth-order valence-electron chi connectivity index (χ4n) is 1.57. The second-order valence-corrected chi connectivity index (χ2v) is 4.03. The van der Waals surface area contributed by atoms with E-state index in [1.165, 1.54) is 0 Å². The number of aliphatic hydroxyl groups is 2. The summed E-state index contributed by atoms with van der Waals surface area (Å²) >= 11 is 0. The van der Waals surface area contributed by atoms with Crippen LogP contribution in [0.1, 0.15) is 23.0 Å². The van der Waals surface area contributed by atoms with Gasteiger partial charge in [0.15, 0.2) is 0 Å². The average Bonchev–Trinajstić information content (AvgIpc) is 3.11. The zero-order valence-electron chi connectivity index (χ0n) is 10.9. The summed E-state index contributed by atoms with van der Waals surface area (Å²) in [6.07, 6.45) is 11.0. The van der Waals surface area contributed by atoms with Crippen molar-refractivity contribution >= 4 is 12.2 Å². The second-order valence-electron chi connectivity index (χ2n) is 4.03. The number of hydrogen-bond donors (Lipinski definition) is 2. The Morgan fingerprint density at radius 2 is 1.15 bits per heavy atom. The molecule has 2 aromatic heterocycles. The van der Waals surface area contributed by atoms with Crippen LogP contribution in [0.3, 0.4) is 0 Å². The summed E-state index contributed by atoms with van der Waals surface area (Å²) in [4.78, 5) is 0. The molecule has 2 N–H and O–H groups in total. The van der Waals surface area contributed by atoms with Crippen LogP contribution in [0.25, 0.3) is 12.2 Å². The topological polar surface area (TPSA) is 66.7 Å². The van der Waals surface area contributed by atoms with Crippen LogP contribution in [0.4, 0.5) is 0 Å². The first-order valence-corrected chi connectivity index (χ1v) is 6.22. The molecule has 2 heterocycles. The molecule has 0 aromatic carbocycles. The monoisotopic (exact) mass is 272 g/mol. The summed E-state index contributed by atoms with van der Waals surface area (Å²) in [6, 6.07) is 7.06. The van der Waals surface area contributed by atoms with Gasteiger partial charge in [-0.25, -0.2) is 0 Å². The molecule has 2 aromatic rings. The SMILES string of the molecule is OCc1ccc(/C=C/C=C/C=C/c2ccc(CO)o2)o1. The first kappa shape index (κ1) is 14.1. The summed E-state index contributed by atoms with van der Waals surface area (Å²) in [5, 5.41) is 17.7. The molecular weight excluding hydrogens is 256 g/mol. The summed E-state index contributed by atoms with van der Waals surface area (Å²) in [6.45, 7) is -0.184. The Morgan fingerprint density at radius 1 is 0.700 bits per heavy atom. The van der Waals surface area contributed by atoms with Gasteiger partial charge in [-0.05, 0) is 36.4 Å². The first-order chi connectivity index (χ1) is 9.81. The van der Waals surface area contributed by atoms with Crippen molar-refractivity contribution in [1.29, 1.82) is 0 Å². The van der Waals surface area contributed by atoms with Crippen molar-refractivity contribution in [3.63, 3.8) is 0 Å². The van der Waals surface area contributed by atoms with E-state index in [1.807, 2.05) is 24.3 Å². The predicted molar refractivity (Wildman–Crippen MR) is 76.5 cm³/mol. The van der Waals surface area contributed by atoms with Gasteiger partial charge >= 0.3 is 0 Å². The molecule has 0 unspecified atom stereocenters. The van der Waals surface area contributed by atoms with E-state index in [9.17, 15) is 0 Å². The summed E-state index contributed by atoms with van der Waals surface area (Å²) in [5.74, 6) is 2.49. The van der Waals surface area contributed by atoms with E-state index in [2.05, 4.69) is 0 Å². The van der Waals surface area contributed by atoms with E-state index in [1.54, 1.807) is 36.4 Å². The minimum atomic E-state index is -0.0919. The zero-order chi connectivity index (χ0) is 14.2. The Balaban J connectivity index is 1.84. The third kappa shape index (κ3) is 4.12. The van der Waals surface area contributed by atoms with Crippen LogP contribution in [0.5, 0.6) is 0 Å². The van der Waals surface area contributed by atoms with Crippen LogP contribution < -0.4 is 0 Å². The lowest BCUT2D eigenvalue weighted by atomic mass is 10.3. The molecule has 2 rings (SSSR count). The second kappa shape index (κ2) is 7.33. The van der Waals surface area contributed by atoms with Crippen molar-refractivity contribution in [2.24, 2.45) is 0 Å². The molecule has 0 aliphatic carbocycles. The van der Waals surface area contributed by atoms with Crippen molar-refractivity contribution in [3.8, 4) is 0 Å². The highest BCUT2D eigenvalue weighted by Gasteiger charge is 1.96. The number of allylic oxidation sites excluding steroid dienone is 4. The lowest BCUT2D eigenvalue weighted by Gasteiger charge is -1.86. The molecule has 0 radical (unpaired) electrons. The van der Waals surface area contributed by atoms with E-state index in [4.69, 9.17) is 19.0 Å². The maximum Gasteiger partial charge on any atom is 0.130 e. The van der Waals surface area contributed by atoms with Crippen molar-refractivity contribution in [1.82, 2.24) is 0 Å². The molecule has 0 fully saturated rings. The highest BCUT2D eigenvalue weighted by molar-refractivity contribution is 5.48. The van der Waals surface area contributed by atoms with Crippen LogP contribution in [-0.2, 0) is 13.2 Å². The number of aliphatic hydroxyl groups excluding tert-OH is 2. The maximum atomic E-state index is 8.85. The van der Waals surface area contributed by atoms with Crippen molar-refractivity contribution in [2.45, 2.75) is 13.2 Å². The smallest absolute Gasteiger partial charge is 0.130 e. The molecular formula is C16H16O4.